The summed E-state index contributed by atoms with van der Waals surface area (Å²) in [5.74, 6) is -0.146. The van der Waals surface area contributed by atoms with Gasteiger partial charge in [0.2, 0.25) is 0 Å². The van der Waals surface area contributed by atoms with Gasteiger partial charge in [0, 0.05) is 0 Å². The Balaban J connectivity index is 2.12. The van der Waals surface area contributed by atoms with E-state index in [0.717, 1.165) is 12.8 Å². The minimum Gasteiger partial charge on any atom is -0.493 e. The highest BCUT2D eigenvalue weighted by atomic mass is 16.6. The van der Waals surface area contributed by atoms with Crippen molar-refractivity contribution in [2.24, 2.45) is 5.92 Å². The minimum atomic E-state index is -0.475. The van der Waals surface area contributed by atoms with Crippen LogP contribution in [0.2, 0.25) is 0 Å². The maximum atomic E-state index is 12.4. The van der Waals surface area contributed by atoms with E-state index < -0.39 is 18.0 Å². The van der Waals surface area contributed by atoms with Crippen LogP contribution in [0.3, 0.4) is 0 Å². The Morgan fingerprint density at radius 3 is 2.54 bits per heavy atom. The van der Waals surface area contributed by atoms with Gasteiger partial charge in [-0.05, 0) is 44.4 Å². The van der Waals surface area contributed by atoms with Crippen LogP contribution in [0.15, 0.2) is 18.2 Å². The predicted molar refractivity (Wildman–Crippen MR) is 87.3 cm³/mol. The number of carbonyl (C=O) groups excluding carboxylic acids is 2. The van der Waals surface area contributed by atoms with Gasteiger partial charge in [0.25, 0.3) is 0 Å². The molecule has 1 aromatic carbocycles. The molecule has 0 saturated heterocycles. The van der Waals surface area contributed by atoms with Gasteiger partial charge in [0.05, 0.1) is 32.3 Å². The normalized spacial score (nSPS) is 20.1. The van der Waals surface area contributed by atoms with Gasteiger partial charge in [-0.2, -0.15) is 0 Å². The smallest absolute Gasteiger partial charge is 0.338 e. The Labute approximate surface area is 142 Å². The van der Waals surface area contributed by atoms with Crippen LogP contribution >= 0.6 is 0 Å². The SMILES string of the molecule is CCOc1ccc(C(=O)O[C@@H]2CCCC[C@@H]2C(=O)OC)cc1OC. The van der Waals surface area contributed by atoms with E-state index in [1.165, 1.54) is 14.2 Å². The number of benzene rings is 1. The van der Waals surface area contributed by atoms with E-state index in [2.05, 4.69) is 0 Å². The Kier molecular flexibility index (Phi) is 6.46. The fourth-order valence-corrected chi connectivity index (χ4v) is 2.93. The molecule has 6 nitrogen and oxygen atoms in total. The van der Waals surface area contributed by atoms with Crippen molar-refractivity contribution >= 4 is 11.9 Å². The van der Waals surface area contributed by atoms with E-state index in [1.54, 1.807) is 18.2 Å². The number of ether oxygens (including phenoxy) is 4. The van der Waals surface area contributed by atoms with Crippen LogP contribution in [0, 0.1) is 5.92 Å². The maximum Gasteiger partial charge on any atom is 0.338 e. The molecule has 0 N–H and O–H groups in total. The monoisotopic (exact) mass is 336 g/mol. The van der Waals surface area contributed by atoms with Crippen LogP contribution in [0.25, 0.3) is 0 Å². The lowest BCUT2D eigenvalue weighted by molar-refractivity contribution is -0.151. The number of hydrogen-bond acceptors (Lipinski definition) is 6. The highest BCUT2D eigenvalue weighted by Gasteiger charge is 2.34. The molecule has 0 bridgehead atoms. The van der Waals surface area contributed by atoms with Crippen molar-refractivity contribution in [3.8, 4) is 11.5 Å². The van der Waals surface area contributed by atoms with Gasteiger partial charge in [-0.1, -0.05) is 6.42 Å². The molecule has 0 unspecified atom stereocenters. The summed E-state index contributed by atoms with van der Waals surface area (Å²) < 4.78 is 21.1. The summed E-state index contributed by atoms with van der Waals surface area (Å²) in [6, 6.07) is 4.90. The molecule has 1 aromatic rings. The van der Waals surface area contributed by atoms with Gasteiger partial charge in [0.1, 0.15) is 6.10 Å². The summed E-state index contributed by atoms with van der Waals surface area (Å²) in [7, 11) is 2.87. The first-order chi connectivity index (χ1) is 11.6. The summed E-state index contributed by atoms with van der Waals surface area (Å²) in [5.41, 5.74) is 0.365. The summed E-state index contributed by atoms with van der Waals surface area (Å²) in [4.78, 5) is 24.3. The molecule has 0 aliphatic heterocycles. The van der Waals surface area contributed by atoms with Gasteiger partial charge >= 0.3 is 11.9 Å². The zero-order chi connectivity index (χ0) is 17.5. The first-order valence-corrected chi connectivity index (χ1v) is 8.20. The highest BCUT2D eigenvalue weighted by molar-refractivity contribution is 5.90. The van der Waals surface area contributed by atoms with E-state index in [-0.39, 0.29) is 5.97 Å². The second kappa shape index (κ2) is 8.57. The van der Waals surface area contributed by atoms with Gasteiger partial charge in [0.15, 0.2) is 11.5 Å². The van der Waals surface area contributed by atoms with Gasteiger partial charge in [-0.15, -0.1) is 0 Å². The molecule has 2 rings (SSSR count). The van der Waals surface area contributed by atoms with Crippen molar-refractivity contribution in [1.29, 1.82) is 0 Å². The van der Waals surface area contributed by atoms with Crippen molar-refractivity contribution in [3.63, 3.8) is 0 Å². The zero-order valence-corrected chi connectivity index (χ0v) is 14.4. The van der Waals surface area contributed by atoms with Crippen molar-refractivity contribution in [2.75, 3.05) is 20.8 Å². The van der Waals surface area contributed by atoms with Crippen LogP contribution in [-0.2, 0) is 14.3 Å². The number of rotatable bonds is 6. The highest BCUT2D eigenvalue weighted by Crippen LogP contribution is 2.31. The topological polar surface area (TPSA) is 71.1 Å². The fraction of sp³-hybridized carbons (Fsp3) is 0.556. The summed E-state index contributed by atoms with van der Waals surface area (Å²) in [5, 5.41) is 0. The van der Waals surface area contributed by atoms with Gasteiger partial charge < -0.3 is 18.9 Å². The summed E-state index contributed by atoms with van der Waals surface area (Å²) >= 11 is 0. The van der Waals surface area contributed by atoms with E-state index in [9.17, 15) is 9.59 Å². The molecule has 0 radical (unpaired) electrons. The van der Waals surface area contributed by atoms with Crippen LogP contribution in [0.1, 0.15) is 43.0 Å². The largest absolute Gasteiger partial charge is 0.493 e. The molecule has 1 aliphatic carbocycles. The molecule has 2 atom stereocenters. The molecule has 1 fully saturated rings. The van der Waals surface area contributed by atoms with Gasteiger partial charge in [-0.3, -0.25) is 4.79 Å². The standard InChI is InChI=1S/C18H24O6/c1-4-23-15-10-9-12(11-16(15)21-2)17(19)24-14-8-6-5-7-13(14)18(20)22-3/h9-11,13-14H,4-8H2,1-3H3/t13-,14+/m0/s1. The second-order valence-electron chi connectivity index (χ2n) is 5.66. The molecule has 0 amide bonds. The van der Waals surface area contributed by atoms with Crippen molar-refractivity contribution < 1.29 is 28.5 Å². The fourth-order valence-electron chi connectivity index (χ4n) is 2.93. The van der Waals surface area contributed by atoms with Crippen LogP contribution in [0.4, 0.5) is 0 Å². The van der Waals surface area contributed by atoms with Crippen LogP contribution in [-0.4, -0.2) is 38.9 Å². The van der Waals surface area contributed by atoms with Crippen LogP contribution in [0.5, 0.6) is 11.5 Å². The third-order valence-corrected chi connectivity index (χ3v) is 4.16. The number of carbonyl (C=O) groups is 2. The zero-order valence-electron chi connectivity index (χ0n) is 14.4. The first-order valence-electron chi connectivity index (χ1n) is 8.20. The Hall–Kier alpha value is -2.24. The second-order valence-corrected chi connectivity index (χ2v) is 5.66. The summed E-state index contributed by atoms with van der Waals surface area (Å²) in [6.07, 6.45) is 2.76. The molecule has 0 heterocycles. The number of esters is 2. The predicted octanol–water partition coefficient (Wildman–Crippen LogP) is 2.98. The molecule has 24 heavy (non-hydrogen) atoms. The average molecular weight is 336 g/mol. The minimum absolute atomic E-state index is 0.322. The third-order valence-electron chi connectivity index (χ3n) is 4.16. The molecule has 132 valence electrons. The molecule has 6 heteroatoms. The van der Waals surface area contributed by atoms with Crippen molar-refractivity contribution in [2.45, 2.75) is 38.7 Å². The van der Waals surface area contributed by atoms with E-state index in [1.807, 2.05) is 6.92 Å². The van der Waals surface area contributed by atoms with Crippen molar-refractivity contribution in [3.05, 3.63) is 23.8 Å². The number of methoxy groups -OCH3 is 2. The average Bonchev–Trinajstić information content (AvgIpc) is 2.62. The lowest BCUT2D eigenvalue weighted by Gasteiger charge is -2.29. The molecule has 0 aromatic heterocycles. The lowest BCUT2D eigenvalue weighted by Crippen LogP contribution is -2.36. The lowest BCUT2D eigenvalue weighted by atomic mass is 9.86. The van der Waals surface area contributed by atoms with Crippen molar-refractivity contribution in [1.82, 2.24) is 0 Å². The molecular formula is C18H24O6. The van der Waals surface area contributed by atoms with Gasteiger partial charge in [-0.25, -0.2) is 4.79 Å². The number of hydrogen-bond donors (Lipinski definition) is 0. The summed E-state index contributed by atoms with van der Waals surface area (Å²) in [6.45, 7) is 2.38. The maximum absolute atomic E-state index is 12.4. The quantitative estimate of drug-likeness (QED) is 0.744. The van der Waals surface area contributed by atoms with E-state index in [0.29, 0.717) is 36.5 Å². The van der Waals surface area contributed by atoms with E-state index in [4.69, 9.17) is 18.9 Å². The van der Waals surface area contributed by atoms with Crippen LogP contribution < -0.4 is 9.47 Å². The Morgan fingerprint density at radius 1 is 1.12 bits per heavy atom. The first kappa shape index (κ1) is 18.1. The third kappa shape index (κ3) is 4.19. The molecule has 0 spiro atoms. The molecular weight excluding hydrogens is 312 g/mol. The molecule has 1 saturated carbocycles. The Morgan fingerprint density at radius 2 is 1.88 bits per heavy atom. The Bertz CT molecular complexity index is 583. The molecule has 1 aliphatic rings. The van der Waals surface area contributed by atoms with E-state index >= 15 is 0 Å².